The van der Waals surface area contributed by atoms with E-state index in [0.717, 1.165) is 16.0 Å². The number of hydrogen-bond donors (Lipinski definition) is 1. The molecule has 178 valence electrons. The highest BCUT2D eigenvalue weighted by Gasteiger charge is 2.40. The van der Waals surface area contributed by atoms with Crippen LogP contribution in [0.25, 0.3) is 0 Å². The van der Waals surface area contributed by atoms with Gasteiger partial charge in [0.2, 0.25) is 0 Å². The zero-order valence-electron chi connectivity index (χ0n) is 19.0. The van der Waals surface area contributed by atoms with E-state index in [9.17, 15) is 14.4 Å². The molecule has 2 amide bonds. The number of halogens is 2. The average Bonchev–Trinajstić information content (AvgIpc) is 3.05. The molecule has 0 spiro atoms. The quantitative estimate of drug-likeness (QED) is 0.263. The summed E-state index contributed by atoms with van der Waals surface area (Å²) in [7, 11) is 1.44. The summed E-state index contributed by atoms with van der Waals surface area (Å²) < 4.78 is 10.7. The van der Waals surface area contributed by atoms with E-state index in [1.54, 1.807) is 48.5 Å². The first-order valence-electron chi connectivity index (χ1n) is 10.5. The molecule has 4 rings (SSSR count). The second kappa shape index (κ2) is 9.82. The number of rotatable bonds is 6. The molecule has 0 aromatic heterocycles. The molecule has 3 aromatic carbocycles. The molecule has 0 aliphatic carbocycles. The lowest BCUT2D eigenvalue weighted by atomic mass is 10.1. The third-order valence-electron chi connectivity index (χ3n) is 5.36. The Balaban J connectivity index is 1.50. The summed E-state index contributed by atoms with van der Waals surface area (Å²) in [6.45, 7) is 3.66. The standard InChI is InChI=1S/C26H20Cl2N2O5/c1-14-12-18(13-15(2)21(14)27)35-26(33)16-8-10-17(11-9-16)29-23-22(28)24(31)30(25(23)32)19-6-4-5-7-20(19)34-3/h4-13,29H,1-3H3. The Morgan fingerprint density at radius 3 is 2.17 bits per heavy atom. The fourth-order valence-corrected chi connectivity index (χ4v) is 3.93. The minimum Gasteiger partial charge on any atom is -0.495 e. The van der Waals surface area contributed by atoms with Gasteiger partial charge in [0.05, 0.1) is 18.4 Å². The van der Waals surface area contributed by atoms with Gasteiger partial charge in [0.1, 0.15) is 22.2 Å². The van der Waals surface area contributed by atoms with Gasteiger partial charge in [-0.15, -0.1) is 0 Å². The zero-order chi connectivity index (χ0) is 25.3. The summed E-state index contributed by atoms with van der Waals surface area (Å²) in [5.74, 6) is -1.10. The molecular formula is C26H20Cl2N2O5. The molecule has 1 aliphatic heterocycles. The summed E-state index contributed by atoms with van der Waals surface area (Å²) in [6, 6.07) is 16.2. The van der Waals surface area contributed by atoms with E-state index in [4.69, 9.17) is 32.7 Å². The number of amides is 2. The van der Waals surface area contributed by atoms with Crippen molar-refractivity contribution in [2.45, 2.75) is 13.8 Å². The second-order valence-corrected chi connectivity index (χ2v) is 8.53. The number of carbonyl (C=O) groups is 3. The molecule has 1 heterocycles. The van der Waals surface area contributed by atoms with E-state index in [2.05, 4.69) is 5.32 Å². The SMILES string of the molecule is COc1ccccc1N1C(=O)C(Cl)=C(Nc2ccc(C(=O)Oc3cc(C)c(Cl)c(C)c3)cc2)C1=O. The molecule has 9 heteroatoms. The Hall–Kier alpha value is -3.81. The third-order valence-corrected chi connectivity index (χ3v) is 6.31. The summed E-state index contributed by atoms with van der Waals surface area (Å²) in [4.78, 5) is 39.3. The summed E-state index contributed by atoms with van der Waals surface area (Å²) in [5, 5.41) is 3.24. The van der Waals surface area contributed by atoms with Crippen molar-refractivity contribution in [3.8, 4) is 11.5 Å². The molecule has 3 aromatic rings. The minimum absolute atomic E-state index is 0.0787. The number of hydrogen-bond acceptors (Lipinski definition) is 6. The first-order chi connectivity index (χ1) is 16.7. The number of benzene rings is 3. The number of ether oxygens (including phenoxy) is 2. The van der Waals surface area contributed by atoms with Crippen LogP contribution >= 0.6 is 23.2 Å². The van der Waals surface area contributed by atoms with Gasteiger partial charge in [0.15, 0.2) is 0 Å². The van der Waals surface area contributed by atoms with Crippen molar-refractivity contribution < 1.29 is 23.9 Å². The van der Waals surface area contributed by atoms with Crippen LogP contribution in [0.3, 0.4) is 0 Å². The maximum absolute atomic E-state index is 13.0. The van der Waals surface area contributed by atoms with Crippen molar-refractivity contribution in [3.05, 3.63) is 93.1 Å². The molecule has 0 unspecified atom stereocenters. The predicted molar refractivity (Wildman–Crippen MR) is 134 cm³/mol. The lowest BCUT2D eigenvalue weighted by molar-refractivity contribution is -0.120. The number of imide groups is 1. The molecule has 1 N–H and O–H groups in total. The van der Waals surface area contributed by atoms with Crippen LogP contribution in [-0.4, -0.2) is 24.9 Å². The Kier molecular flexibility index (Phi) is 6.82. The average molecular weight is 511 g/mol. The van der Waals surface area contributed by atoms with Crippen molar-refractivity contribution in [2.24, 2.45) is 0 Å². The molecule has 0 radical (unpaired) electrons. The fourth-order valence-electron chi connectivity index (χ4n) is 3.61. The van der Waals surface area contributed by atoms with Gasteiger partial charge in [-0.25, -0.2) is 9.69 Å². The van der Waals surface area contributed by atoms with Crippen LogP contribution in [0, 0.1) is 13.8 Å². The van der Waals surface area contributed by atoms with Crippen LogP contribution < -0.4 is 19.7 Å². The van der Waals surface area contributed by atoms with Crippen molar-refractivity contribution >= 4 is 52.4 Å². The van der Waals surface area contributed by atoms with E-state index < -0.39 is 17.8 Å². The maximum atomic E-state index is 13.0. The van der Waals surface area contributed by atoms with Crippen LogP contribution in [0.2, 0.25) is 5.02 Å². The highest BCUT2D eigenvalue weighted by atomic mass is 35.5. The largest absolute Gasteiger partial charge is 0.495 e. The predicted octanol–water partition coefficient (Wildman–Crippen LogP) is 5.62. The van der Waals surface area contributed by atoms with Crippen LogP contribution in [0.1, 0.15) is 21.5 Å². The van der Waals surface area contributed by atoms with Crippen LogP contribution in [-0.2, 0) is 9.59 Å². The Labute approximate surface area is 211 Å². The summed E-state index contributed by atoms with van der Waals surface area (Å²) in [5.41, 5.74) is 2.56. The normalized spacial score (nSPS) is 13.3. The lowest BCUT2D eigenvalue weighted by Crippen LogP contribution is -2.32. The van der Waals surface area contributed by atoms with Crippen molar-refractivity contribution in [1.82, 2.24) is 0 Å². The smallest absolute Gasteiger partial charge is 0.343 e. The molecule has 7 nitrogen and oxygen atoms in total. The monoisotopic (exact) mass is 510 g/mol. The lowest BCUT2D eigenvalue weighted by Gasteiger charge is -2.17. The number of anilines is 2. The van der Waals surface area contributed by atoms with Gasteiger partial charge < -0.3 is 14.8 Å². The number of carbonyl (C=O) groups excluding carboxylic acids is 3. The van der Waals surface area contributed by atoms with Gasteiger partial charge in [-0.05, 0) is 73.5 Å². The van der Waals surface area contributed by atoms with E-state index in [1.807, 2.05) is 13.8 Å². The number of nitrogens with zero attached hydrogens (tertiary/aromatic N) is 1. The van der Waals surface area contributed by atoms with Crippen molar-refractivity contribution in [2.75, 3.05) is 17.3 Å². The zero-order valence-corrected chi connectivity index (χ0v) is 20.5. The molecule has 0 atom stereocenters. The Morgan fingerprint density at radius 1 is 0.914 bits per heavy atom. The van der Waals surface area contributed by atoms with Crippen LogP contribution in [0.5, 0.6) is 11.5 Å². The molecular weight excluding hydrogens is 491 g/mol. The molecule has 0 saturated carbocycles. The maximum Gasteiger partial charge on any atom is 0.343 e. The summed E-state index contributed by atoms with van der Waals surface area (Å²) in [6.07, 6.45) is 0. The molecule has 0 bridgehead atoms. The van der Waals surface area contributed by atoms with Gasteiger partial charge in [-0.1, -0.05) is 35.3 Å². The van der Waals surface area contributed by atoms with Gasteiger partial charge in [0, 0.05) is 10.7 Å². The van der Waals surface area contributed by atoms with Crippen LogP contribution in [0.15, 0.2) is 71.4 Å². The summed E-state index contributed by atoms with van der Waals surface area (Å²) >= 11 is 12.4. The molecule has 1 aliphatic rings. The second-order valence-electron chi connectivity index (χ2n) is 7.77. The Morgan fingerprint density at radius 2 is 1.54 bits per heavy atom. The first kappa shape index (κ1) is 24.3. The number of aryl methyl sites for hydroxylation is 2. The van der Waals surface area contributed by atoms with Gasteiger partial charge in [-0.2, -0.15) is 0 Å². The highest BCUT2D eigenvalue weighted by molar-refractivity contribution is 6.53. The van der Waals surface area contributed by atoms with Crippen molar-refractivity contribution in [3.63, 3.8) is 0 Å². The molecule has 35 heavy (non-hydrogen) atoms. The van der Waals surface area contributed by atoms with Gasteiger partial charge >= 0.3 is 5.97 Å². The number of esters is 1. The van der Waals surface area contributed by atoms with E-state index in [-0.39, 0.29) is 16.4 Å². The highest BCUT2D eigenvalue weighted by Crippen LogP contribution is 2.35. The molecule has 0 saturated heterocycles. The number of methoxy groups -OCH3 is 1. The van der Waals surface area contributed by atoms with Crippen LogP contribution in [0.4, 0.5) is 11.4 Å². The fraction of sp³-hybridized carbons (Fsp3) is 0.115. The van der Waals surface area contributed by atoms with Crippen molar-refractivity contribution in [1.29, 1.82) is 0 Å². The Bertz CT molecular complexity index is 1360. The van der Waals surface area contributed by atoms with Gasteiger partial charge in [0.25, 0.3) is 11.8 Å². The van der Waals surface area contributed by atoms with Gasteiger partial charge in [-0.3, -0.25) is 9.59 Å². The van der Waals surface area contributed by atoms with E-state index in [0.29, 0.717) is 27.8 Å². The number of nitrogens with one attached hydrogen (secondary N) is 1. The molecule has 0 fully saturated rings. The number of para-hydroxylation sites is 2. The topological polar surface area (TPSA) is 84.9 Å². The van der Waals surface area contributed by atoms with E-state index in [1.165, 1.54) is 19.2 Å². The third kappa shape index (κ3) is 4.73. The van der Waals surface area contributed by atoms with E-state index >= 15 is 0 Å². The minimum atomic E-state index is -0.669. The first-order valence-corrected chi connectivity index (χ1v) is 11.2.